The van der Waals surface area contributed by atoms with Crippen LogP contribution < -0.4 is 10.5 Å². The summed E-state index contributed by atoms with van der Waals surface area (Å²) in [4.78, 5) is 8.00. The zero-order valence-electron chi connectivity index (χ0n) is 10.8. The molecular formula is C14H17N3O. The lowest BCUT2D eigenvalue weighted by molar-refractivity contribution is 0.411. The highest BCUT2D eigenvalue weighted by molar-refractivity contribution is 5.45. The molecule has 0 saturated heterocycles. The lowest BCUT2D eigenvalue weighted by Crippen LogP contribution is -2.14. The van der Waals surface area contributed by atoms with Crippen molar-refractivity contribution in [1.82, 2.24) is 9.97 Å². The zero-order chi connectivity index (χ0) is 13.1. The van der Waals surface area contributed by atoms with Crippen LogP contribution >= 0.6 is 0 Å². The first-order valence-electron chi connectivity index (χ1n) is 5.79. The minimum Gasteiger partial charge on any atom is -0.496 e. The molecule has 0 aliphatic carbocycles. The van der Waals surface area contributed by atoms with E-state index in [4.69, 9.17) is 10.5 Å². The van der Waals surface area contributed by atoms with Crippen LogP contribution in [0.15, 0.2) is 30.9 Å². The van der Waals surface area contributed by atoms with Crippen molar-refractivity contribution < 1.29 is 4.74 Å². The molecule has 2 aromatic rings. The third-order valence-electron chi connectivity index (χ3n) is 3.06. The van der Waals surface area contributed by atoms with E-state index in [0.29, 0.717) is 0 Å². The first kappa shape index (κ1) is 12.5. The van der Waals surface area contributed by atoms with Gasteiger partial charge in [-0.3, -0.25) is 0 Å². The fraction of sp³-hybridized carbons (Fsp3) is 0.286. The number of hydrogen-bond donors (Lipinski definition) is 1. The van der Waals surface area contributed by atoms with Gasteiger partial charge in [0.25, 0.3) is 0 Å². The normalized spacial score (nSPS) is 12.2. The second-order valence-electron chi connectivity index (χ2n) is 4.33. The number of methoxy groups -OCH3 is 1. The first-order chi connectivity index (χ1) is 8.63. The standard InChI is InChI=1S/C14H17N3O/c1-9-5-13(18-3)10(2)4-12(9)14(15)11-6-16-8-17-7-11/h4-8,14H,15H2,1-3H3. The largest absolute Gasteiger partial charge is 0.496 e. The average molecular weight is 243 g/mol. The molecule has 0 amide bonds. The van der Waals surface area contributed by atoms with Crippen LogP contribution in [0.25, 0.3) is 0 Å². The maximum absolute atomic E-state index is 6.26. The van der Waals surface area contributed by atoms with E-state index >= 15 is 0 Å². The molecule has 2 rings (SSSR count). The van der Waals surface area contributed by atoms with Gasteiger partial charge in [-0.15, -0.1) is 0 Å². The summed E-state index contributed by atoms with van der Waals surface area (Å²) in [6.07, 6.45) is 5.00. The van der Waals surface area contributed by atoms with Crippen LogP contribution in [0.1, 0.15) is 28.3 Å². The predicted octanol–water partition coefficient (Wildman–Crippen LogP) is 2.15. The van der Waals surface area contributed by atoms with Gasteiger partial charge in [-0.2, -0.15) is 0 Å². The van der Waals surface area contributed by atoms with Crippen molar-refractivity contribution >= 4 is 0 Å². The number of nitrogens with zero attached hydrogens (tertiary/aromatic N) is 2. The highest BCUT2D eigenvalue weighted by Gasteiger charge is 2.14. The zero-order valence-corrected chi connectivity index (χ0v) is 10.8. The number of nitrogens with two attached hydrogens (primary N) is 1. The Kier molecular flexibility index (Phi) is 3.58. The monoisotopic (exact) mass is 243 g/mol. The summed E-state index contributed by atoms with van der Waals surface area (Å²) in [5, 5.41) is 0. The maximum Gasteiger partial charge on any atom is 0.122 e. The van der Waals surface area contributed by atoms with E-state index in [-0.39, 0.29) is 6.04 Å². The van der Waals surface area contributed by atoms with Crippen molar-refractivity contribution in [3.05, 3.63) is 53.1 Å². The van der Waals surface area contributed by atoms with Crippen molar-refractivity contribution in [2.45, 2.75) is 19.9 Å². The SMILES string of the molecule is COc1cc(C)c(C(N)c2cncnc2)cc1C. The first-order valence-corrected chi connectivity index (χ1v) is 5.79. The van der Waals surface area contributed by atoms with Gasteiger partial charge in [-0.1, -0.05) is 6.07 Å². The molecule has 94 valence electrons. The number of benzene rings is 1. The van der Waals surface area contributed by atoms with Gasteiger partial charge < -0.3 is 10.5 Å². The average Bonchev–Trinajstić information content (AvgIpc) is 2.41. The minimum absolute atomic E-state index is 0.212. The summed E-state index contributed by atoms with van der Waals surface area (Å²) in [7, 11) is 1.67. The van der Waals surface area contributed by atoms with Crippen LogP contribution in [0.3, 0.4) is 0 Å². The molecule has 1 aromatic carbocycles. The molecule has 0 radical (unpaired) electrons. The molecule has 18 heavy (non-hydrogen) atoms. The molecule has 1 aromatic heterocycles. The van der Waals surface area contributed by atoms with E-state index in [1.54, 1.807) is 19.5 Å². The fourth-order valence-electron chi connectivity index (χ4n) is 2.02. The molecule has 2 N–H and O–H groups in total. The Morgan fingerprint density at radius 2 is 1.78 bits per heavy atom. The van der Waals surface area contributed by atoms with Crippen LogP contribution in [0.2, 0.25) is 0 Å². The highest BCUT2D eigenvalue weighted by atomic mass is 16.5. The van der Waals surface area contributed by atoms with Gasteiger partial charge in [0.15, 0.2) is 0 Å². The van der Waals surface area contributed by atoms with E-state index in [0.717, 1.165) is 28.0 Å². The van der Waals surface area contributed by atoms with Gasteiger partial charge in [0.05, 0.1) is 13.2 Å². The Morgan fingerprint density at radius 1 is 1.11 bits per heavy atom. The summed E-state index contributed by atoms with van der Waals surface area (Å²) in [5.74, 6) is 0.882. The number of rotatable bonds is 3. The topological polar surface area (TPSA) is 61.0 Å². The molecular weight excluding hydrogens is 226 g/mol. The van der Waals surface area contributed by atoms with Crippen LogP contribution in [0.5, 0.6) is 5.75 Å². The lowest BCUT2D eigenvalue weighted by Gasteiger charge is -2.17. The van der Waals surface area contributed by atoms with Crippen LogP contribution in [-0.4, -0.2) is 17.1 Å². The molecule has 0 bridgehead atoms. The number of hydrogen-bond acceptors (Lipinski definition) is 4. The van der Waals surface area contributed by atoms with Crippen molar-refractivity contribution in [3.63, 3.8) is 0 Å². The third-order valence-corrected chi connectivity index (χ3v) is 3.06. The Bertz CT molecular complexity index is 540. The lowest BCUT2D eigenvalue weighted by atomic mass is 9.95. The van der Waals surface area contributed by atoms with Crippen molar-refractivity contribution in [3.8, 4) is 5.75 Å². The van der Waals surface area contributed by atoms with Gasteiger partial charge in [0, 0.05) is 18.0 Å². The summed E-state index contributed by atoms with van der Waals surface area (Å²) >= 11 is 0. The summed E-state index contributed by atoms with van der Waals surface area (Å²) < 4.78 is 5.30. The molecule has 4 heteroatoms. The van der Waals surface area contributed by atoms with Crippen LogP contribution in [0.4, 0.5) is 0 Å². The van der Waals surface area contributed by atoms with Gasteiger partial charge >= 0.3 is 0 Å². The quantitative estimate of drug-likeness (QED) is 0.897. The summed E-state index contributed by atoms with van der Waals surface area (Å²) in [5.41, 5.74) is 10.4. The summed E-state index contributed by atoms with van der Waals surface area (Å²) in [6.45, 7) is 4.04. The molecule has 0 fully saturated rings. The maximum atomic E-state index is 6.26. The van der Waals surface area contributed by atoms with Gasteiger partial charge in [0.2, 0.25) is 0 Å². The molecule has 0 aliphatic heterocycles. The van der Waals surface area contributed by atoms with Gasteiger partial charge in [-0.25, -0.2) is 9.97 Å². The fourth-order valence-corrected chi connectivity index (χ4v) is 2.02. The molecule has 0 aliphatic rings. The minimum atomic E-state index is -0.212. The smallest absolute Gasteiger partial charge is 0.122 e. The van der Waals surface area contributed by atoms with Gasteiger partial charge in [0.1, 0.15) is 12.1 Å². The Balaban J connectivity index is 2.43. The van der Waals surface area contributed by atoms with E-state index in [1.165, 1.54) is 6.33 Å². The Morgan fingerprint density at radius 3 is 2.39 bits per heavy atom. The van der Waals surface area contributed by atoms with Crippen LogP contribution in [-0.2, 0) is 0 Å². The predicted molar refractivity (Wildman–Crippen MR) is 70.5 cm³/mol. The van der Waals surface area contributed by atoms with E-state index in [1.807, 2.05) is 19.9 Å². The van der Waals surface area contributed by atoms with E-state index in [2.05, 4.69) is 16.0 Å². The highest BCUT2D eigenvalue weighted by Crippen LogP contribution is 2.28. The molecule has 1 heterocycles. The summed E-state index contributed by atoms with van der Waals surface area (Å²) in [6, 6.07) is 3.86. The second-order valence-corrected chi connectivity index (χ2v) is 4.33. The third kappa shape index (κ3) is 2.33. The second kappa shape index (κ2) is 5.14. The number of ether oxygens (including phenoxy) is 1. The van der Waals surface area contributed by atoms with E-state index < -0.39 is 0 Å². The molecule has 1 atom stereocenters. The number of aryl methyl sites for hydroxylation is 2. The van der Waals surface area contributed by atoms with Crippen molar-refractivity contribution in [2.24, 2.45) is 5.73 Å². The molecule has 4 nitrogen and oxygen atoms in total. The number of aromatic nitrogens is 2. The van der Waals surface area contributed by atoms with Crippen molar-refractivity contribution in [2.75, 3.05) is 7.11 Å². The van der Waals surface area contributed by atoms with Crippen molar-refractivity contribution in [1.29, 1.82) is 0 Å². The van der Waals surface area contributed by atoms with Crippen LogP contribution in [0, 0.1) is 13.8 Å². The Hall–Kier alpha value is -1.94. The molecule has 0 spiro atoms. The Labute approximate surface area is 107 Å². The molecule has 1 unspecified atom stereocenters. The molecule has 0 saturated carbocycles. The van der Waals surface area contributed by atoms with E-state index in [9.17, 15) is 0 Å². The van der Waals surface area contributed by atoms with Gasteiger partial charge in [-0.05, 0) is 36.6 Å².